The lowest BCUT2D eigenvalue weighted by atomic mass is 10.0. The Hall–Kier alpha value is 0.350. The van der Waals surface area contributed by atoms with E-state index in [4.69, 9.17) is 12.6 Å². The van der Waals surface area contributed by atoms with Crippen molar-refractivity contribution in [1.82, 2.24) is 0 Å². The highest BCUT2D eigenvalue weighted by molar-refractivity contribution is 7.80. The summed E-state index contributed by atoms with van der Waals surface area (Å²) >= 11 is 4.93. The molecule has 0 heterocycles. The summed E-state index contributed by atoms with van der Waals surface area (Å²) in [6, 6.07) is 0. The van der Waals surface area contributed by atoms with Gasteiger partial charge < -0.3 is 0 Å². The fraction of sp³-hybridized carbons (Fsp3) is 1.00. The third-order valence-corrected chi connectivity index (χ3v) is 2.09. The summed E-state index contributed by atoms with van der Waals surface area (Å²) in [7, 11) is 0. The molecule has 1 unspecified atom stereocenters. The molecule has 1 heteroatoms. The Balaban J connectivity index is 3.06. The molecule has 0 nitrogen and oxygen atoms in total. The molecule has 0 aliphatic heterocycles. The number of hydrogen-bond acceptors (Lipinski definition) is 0. The van der Waals surface area contributed by atoms with Crippen LogP contribution >= 0.6 is 12.6 Å². The van der Waals surface area contributed by atoms with Crippen LogP contribution in [0.5, 0.6) is 0 Å². The highest BCUT2D eigenvalue weighted by Gasteiger charge is 2.00. The lowest BCUT2D eigenvalue weighted by molar-refractivity contribution is 0.481. The van der Waals surface area contributed by atoms with E-state index in [0.29, 0.717) is 0 Å². The summed E-state index contributed by atoms with van der Waals surface area (Å²) in [6.45, 7) is 6.75. The van der Waals surface area contributed by atoms with Gasteiger partial charge in [-0.05, 0) is 18.3 Å². The molecule has 0 aromatic rings. The molecule has 0 fully saturated rings. The zero-order valence-corrected chi connectivity index (χ0v) is 7.50. The van der Waals surface area contributed by atoms with Crippen molar-refractivity contribution in [3.8, 4) is 0 Å². The van der Waals surface area contributed by atoms with Crippen molar-refractivity contribution in [3.63, 3.8) is 0 Å². The summed E-state index contributed by atoms with van der Waals surface area (Å²) in [5.41, 5.74) is 0. The van der Waals surface area contributed by atoms with Gasteiger partial charge in [0.2, 0.25) is 0 Å². The summed E-state index contributed by atoms with van der Waals surface area (Å²) in [5.74, 6) is 2.52. The molecule has 9 heavy (non-hydrogen) atoms. The maximum atomic E-state index is 4.93. The van der Waals surface area contributed by atoms with Gasteiger partial charge in [-0.1, -0.05) is 39.8 Å². The van der Waals surface area contributed by atoms with Gasteiger partial charge in [-0.3, -0.25) is 0 Å². The number of rotatable bonds is 4. The minimum Gasteiger partial charge on any atom is -0.0939 e. The first-order chi connectivity index (χ1) is 4.16. The molecule has 0 amide bonds. The van der Waals surface area contributed by atoms with E-state index in [-0.39, 0.29) is 0 Å². The summed E-state index contributed by atoms with van der Waals surface area (Å²) in [6.07, 6.45) is 2.64. The number of hydrogen-bond donors (Lipinski definition) is 0. The predicted octanol–water partition coefficient (Wildman–Crippen LogP) is 3.26. The van der Waals surface area contributed by atoms with Crippen LogP contribution in [0.3, 0.4) is 0 Å². The fourth-order valence-electron chi connectivity index (χ4n) is 0.701. The van der Waals surface area contributed by atoms with Crippen molar-refractivity contribution >= 4 is 12.6 Å². The second kappa shape index (κ2) is 5.16. The quantitative estimate of drug-likeness (QED) is 0.569. The lowest BCUT2D eigenvalue weighted by Crippen LogP contribution is -1.98. The Bertz CT molecular complexity index is 59.6. The van der Waals surface area contributed by atoms with Crippen LogP contribution in [0, 0.1) is 11.8 Å². The van der Waals surface area contributed by atoms with Gasteiger partial charge in [0.25, 0.3) is 0 Å². The molecule has 0 rings (SSSR count). The van der Waals surface area contributed by atoms with Crippen molar-refractivity contribution in [2.45, 2.75) is 33.6 Å². The Morgan fingerprint density at radius 1 is 1.11 bits per heavy atom. The van der Waals surface area contributed by atoms with Crippen LogP contribution in [0.4, 0.5) is 0 Å². The Morgan fingerprint density at radius 2 is 1.67 bits per heavy atom. The van der Waals surface area contributed by atoms with Crippen LogP contribution in [0.25, 0.3) is 0 Å². The molecular formula is C8H17S. The van der Waals surface area contributed by atoms with E-state index in [0.717, 1.165) is 17.6 Å². The van der Waals surface area contributed by atoms with Gasteiger partial charge >= 0.3 is 0 Å². The molecule has 0 bridgehead atoms. The van der Waals surface area contributed by atoms with Crippen LogP contribution in [-0.4, -0.2) is 5.75 Å². The molecule has 55 valence electrons. The minimum absolute atomic E-state index is 0.752. The van der Waals surface area contributed by atoms with Crippen LogP contribution < -0.4 is 0 Å². The average Bonchev–Trinajstić information content (AvgIpc) is 1.83. The van der Waals surface area contributed by atoms with Crippen LogP contribution in [0.1, 0.15) is 33.6 Å². The zero-order valence-electron chi connectivity index (χ0n) is 6.68. The largest absolute Gasteiger partial charge is 0.0939 e. The normalized spacial score (nSPS) is 14.3. The van der Waals surface area contributed by atoms with Crippen LogP contribution in [0.15, 0.2) is 0 Å². The van der Waals surface area contributed by atoms with Crippen LogP contribution in [-0.2, 0) is 0 Å². The van der Waals surface area contributed by atoms with E-state index in [2.05, 4.69) is 20.8 Å². The Labute approximate surface area is 64.4 Å². The maximum Gasteiger partial charge on any atom is 0.00626 e. The van der Waals surface area contributed by atoms with E-state index < -0.39 is 0 Å². The molecule has 0 aromatic heterocycles. The van der Waals surface area contributed by atoms with Gasteiger partial charge in [0.1, 0.15) is 0 Å². The average molecular weight is 145 g/mol. The third-order valence-electron chi connectivity index (χ3n) is 1.52. The zero-order chi connectivity index (χ0) is 7.28. The summed E-state index contributed by atoms with van der Waals surface area (Å²) in [5, 5.41) is 0. The summed E-state index contributed by atoms with van der Waals surface area (Å²) < 4.78 is 0. The molecule has 0 saturated heterocycles. The highest BCUT2D eigenvalue weighted by atomic mass is 32.1. The van der Waals surface area contributed by atoms with E-state index in [1.807, 2.05) is 0 Å². The standard InChI is InChI=1S/C8H17S/c1-7(2)4-5-8(3)6-9/h7-8H,4-6H2,1-3H3. The van der Waals surface area contributed by atoms with E-state index in [9.17, 15) is 0 Å². The predicted molar refractivity (Wildman–Crippen MR) is 45.7 cm³/mol. The second-order valence-corrected chi connectivity index (χ2v) is 3.58. The maximum absolute atomic E-state index is 4.93. The first-order valence-corrected chi connectivity index (χ1v) is 4.32. The topological polar surface area (TPSA) is 0 Å². The van der Waals surface area contributed by atoms with Gasteiger partial charge in [0.05, 0.1) is 0 Å². The molecule has 0 aliphatic rings. The van der Waals surface area contributed by atoms with Gasteiger partial charge in [-0.25, -0.2) is 0 Å². The molecule has 0 N–H and O–H groups in total. The SMILES string of the molecule is CC(C)CCC(C)C[S]. The van der Waals surface area contributed by atoms with E-state index >= 15 is 0 Å². The highest BCUT2D eigenvalue weighted by Crippen LogP contribution is 2.11. The first kappa shape index (κ1) is 9.35. The fourth-order valence-corrected chi connectivity index (χ4v) is 0.868. The second-order valence-electron chi connectivity index (χ2n) is 3.24. The molecule has 0 spiro atoms. The van der Waals surface area contributed by atoms with E-state index in [1.54, 1.807) is 0 Å². The summed E-state index contributed by atoms with van der Waals surface area (Å²) in [4.78, 5) is 0. The Kier molecular flexibility index (Phi) is 5.36. The minimum atomic E-state index is 0.752. The monoisotopic (exact) mass is 145 g/mol. The molecular weight excluding hydrogens is 128 g/mol. The van der Waals surface area contributed by atoms with Gasteiger partial charge in [-0.15, -0.1) is 0 Å². The van der Waals surface area contributed by atoms with Gasteiger partial charge in [0, 0.05) is 5.75 Å². The van der Waals surface area contributed by atoms with Crippen molar-refractivity contribution in [2.75, 3.05) is 5.75 Å². The van der Waals surface area contributed by atoms with Crippen molar-refractivity contribution in [2.24, 2.45) is 11.8 Å². The van der Waals surface area contributed by atoms with E-state index in [1.165, 1.54) is 12.8 Å². The van der Waals surface area contributed by atoms with Gasteiger partial charge in [0.15, 0.2) is 0 Å². The van der Waals surface area contributed by atoms with Crippen molar-refractivity contribution in [1.29, 1.82) is 0 Å². The van der Waals surface area contributed by atoms with Crippen LogP contribution in [0.2, 0.25) is 0 Å². The van der Waals surface area contributed by atoms with Gasteiger partial charge in [-0.2, -0.15) is 0 Å². The molecule has 1 radical (unpaired) electrons. The smallest absolute Gasteiger partial charge is 0.00626 e. The first-order valence-electron chi connectivity index (χ1n) is 3.75. The van der Waals surface area contributed by atoms with Crippen molar-refractivity contribution in [3.05, 3.63) is 0 Å². The molecule has 1 atom stereocenters. The molecule has 0 aliphatic carbocycles. The molecule has 0 saturated carbocycles. The van der Waals surface area contributed by atoms with Crippen molar-refractivity contribution < 1.29 is 0 Å². The lowest BCUT2D eigenvalue weighted by Gasteiger charge is -2.08. The third kappa shape index (κ3) is 6.23. The molecule has 0 aromatic carbocycles. The Morgan fingerprint density at radius 3 is 2.00 bits per heavy atom.